The van der Waals surface area contributed by atoms with Gasteiger partial charge in [-0.25, -0.2) is 9.97 Å². The van der Waals surface area contributed by atoms with Crippen molar-refractivity contribution in [2.24, 2.45) is 13.0 Å². The van der Waals surface area contributed by atoms with E-state index in [0.29, 0.717) is 23.9 Å². The van der Waals surface area contributed by atoms with Crippen LogP contribution in [0.4, 0.5) is 0 Å². The van der Waals surface area contributed by atoms with Gasteiger partial charge in [-0.15, -0.1) is 0 Å². The zero-order valence-electron chi connectivity index (χ0n) is 13.3. The molecule has 0 aliphatic heterocycles. The van der Waals surface area contributed by atoms with E-state index in [1.165, 1.54) is 5.69 Å². The van der Waals surface area contributed by atoms with E-state index in [9.17, 15) is 4.79 Å². The van der Waals surface area contributed by atoms with Crippen LogP contribution in [0, 0.1) is 5.92 Å². The van der Waals surface area contributed by atoms with Gasteiger partial charge in [0.15, 0.2) is 0 Å². The molecule has 0 bridgehead atoms. The minimum atomic E-state index is -0.0877. The van der Waals surface area contributed by atoms with Gasteiger partial charge in [-0.05, 0) is 30.5 Å². The van der Waals surface area contributed by atoms with Crippen molar-refractivity contribution in [1.29, 1.82) is 0 Å². The number of pyridine rings is 1. The Morgan fingerprint density at radius 1 is 1.33 bits per heavy atom. The summed E-state index contributed by atoms with van der Waals surface area (Å²) in [4.78, 5) is 20.5. The molecule has 3 aromatic rings. The topological polar surface area (TPSA) is 77.6 Å². The number of hydrogen-bond donors (Lipinski definition) is 1. The number of carbonyl (C=O) groups is 1. The first-order chi connectivity index (χ1) is 11.7. The number of imidazole rings is 1. The molecule has 0 aromatic carbocycles. The Balaban J connectivity index is 1.33. The van der Waals surface area contributed by atoms with Crippen molar-refractivity contribution in [3.63, 3.8) is 0 Å². The summed E-state index contributed by atoms with van der Waals surface area (Å²) >= 11 is 0. The van der Waals surface area contributed by atoms with E-state index in [1.54, 1.807) is 29.4 Å². The third kappa shape index (κ3) is 2.80. The van der Waals surface area contributed by atoms with Crippen LogP contribution >= 0.6 is 0 Å². The van der Waals surface area contributed by atoms with Crippen LogP contribution in [0.2, 0.25) is 0 Å². The molecule has 1 aliphatic carbocycles. The molecule has 0 saturated heterocycles. The maximum atomic E-state index is 12.2. The van der Waals surface area contributed by atoms with E-state index in [2.05, 4.69) is 20.4 Å². The van der Waals surface area contributed by atoms with Crippen LogP contribution in [0.15, 0.2) is 49.3 Å². The lowest BCUT2D eigenvalue weighted by Gasteiger charge is -2.06. The largest absolute Gasteiger partial charge is 0.352 e. The van der Waals surface area contributed by atoms with E-state index >= 15 is 0 Å². The molecule has 7 heteroatoms. The quantitative estimate of drug-likeness (QED) is 0.773. The molecule has 1 fully saturated rings. The van der Waals surface area contributed by atoms with Crippen molar-refractivity contribution in [1.82, 2.24) is 29.6 Å². The highest BCUT2D eigenvalue weighted by Gasteiger charge is 2.40. The highest BCUT2D eigenvalue weighted by atomic mass is 16.1. The second kappa shape index (κ2) is 5.92. The van der Waals surface area contributed by atoms with E-state index in [0.717, 1.165) is 12.2 Å². The fourth-order valence-corrected chi connectivity index (χ4v) is 2.98. The Morgan fingerprint density at radius 3 is 2.92 bits per heavy atom. The predicted octanol–water partition coefficient (Wildman–Crippen LogP) is 1.53. The van der Waals surface area contributed by atoms with Gasteiger partial charge in [0, 0.05) is 50.0 Å². The number of hydrogen-bond acceptors (Lipinski definition) is 4. The highest BCUT2D eigenvalue weighted by molar-refractivity contribution is 5.93. The molecule has 3 aromatic heterocycles. The smallest absolute Gasteiger partial charge is 0.252 e. The van der Waals surface area contributed by atoms with Crippen LogP contribution in [-0.2, 0) is 7.05 Å². The molecule has 1 amide bonds. The monoisotopic (exact) mass is 322 g/mol. The predicted molar refractivity (Wildman–Crippen MR) is 87.7 cm³/mol. The van der Waals surface area contributed by atoms with Crippen LogP contribution in [0.3, 0.4) is 0 Å². The molecule has 4 rings (SSSR count). The third-order valence-electron chi connectivity index (χ3n) is 4.47. The molecule has 2 atom stereocenters. The summed E-state index contributed by atoms with van der Waals surface area (Å²) in [5, 5.41) is 7.20. The summed E-state index contributed by atoms with van der Waals surface area (Å²) in [7, 11) is 1.96. The van der Waals surface area contributed by atoms with Crippen LogP contribution in [-0.4, -0.2) is 36.8 Å². The normalized spacial score (nSPS) is 19.2. The molecule has 7 nitrogen and oxygen atoms in total. The van der Waals surface area contributed by atoms with Gasteiger partial charge in [-0.2, -0.15) is 5.10 Å². The lowest BCUT2D eigenvalue weighted by molar-refractivity contribution is 0.0951. The lowest BCUT2D eigenvalue weighted by atomic mass is 10.2. The van der Waals surface area contributed by atoms with Crippen molar-refractivity contribution in [3.8, 4) is 5.82 Å². The van der Waals surface area contributed by atoms with Crippen LogP contribution in [0.5, 0.6) is 0 Å². The highest BCUT2D eigenvalue weighted by Crippen LogP contribution is 2.46. The second-order valence-corrected chi connectivity index (χ2v) is 6.07. The van der Waals surface area contributed by atoms with Gasteiger partial charge in [0.25, 0.3) is 5.91 Å². The molecule has 0 spiro atoms. The van der Waals surface area contributed by atoms with Gasteiger partial charge in [0.05, 0.1) is 5.56 Å². The fraction of sp³-hybridized carbons (Fsp3) is 0.294. The lowest BCUT2D eigenvalue weighted by Crippen LogP contribution is -2.26. The maximum Gasteiger partial charge on any atom is 0.252 e. The van der Waals surface area contributed by atoms with Crippen molar-refractivity contribution < 1.29 is 4.79 Å². The molecular weight excluding hydrogens is 304 g/mol. The molecular formula is C17H18N6O. The minimum Gasteiger partial charge on any atom is -0.352 e. The first-order valence-electron chi connectivity index (χ1n) is 7.93. The Kier molecular flexibility index (Phi) is 3.60. The molecule has 24 heavy (non-hydrogen) atoms. The Morgan fingerprint density at radius 2 is 2.25 bits per heavy atom. The Labute approximate surface area is 139 Å². The van der Waals surface area contributed by atoms with Gasteiger partial charge in [-0.1, -0.05) is 0 Å². The van der Waals surface area contributed by atoms with E-state index < -0.39 is 0 Å². The second-order valence-electron chi connectivity index (χ2n) is 6.07. The van der Waals surface area contributed by atoms with Crippen LogP contribution < -0.4 is 5.32 Å². The number of rotatable bonds is 5. The maximum absolute atomic E-state index is 12.2. The Hall–Kier alpha value is -2.96. The fourth-order valence-electron chi connectivity index (χ4n) is 2.98. The number of nitrogens with zero attached hydrogens (tertiary/aromatic N) is 5. The molecule has 1 aliphatic rings. The molecule has 122 valence electrons. The Bertz CT molecular complexity index is 836. The first kappa shape index (κ1) is 14.6. The summed E-state index contributed by atoms with van der Waals surface area (Å²) in [5.41, 5.74) is 1.80. The molecule has 3 heterocycles. The van der Waals surface area contributed by atoms with Crippen molar-refractivity contribution in [3.05, 3.63) is 60.6 Å². The van der Waals surface area contributed by atoms with Crippen molar-refractivity contribution >= 4 is 5.91 Å². The summed E-state index contributed by atoms with van der Waals surface area (Å²) < 4.78 is 3.70. The summed E-state index contributed by atoms with van der Waals surface area (Å²) in [6.45, 7) is 0.679. The van der Waals surface area contributed by atoms with Gasteiger partial charge in [0.1, 0.15) is 12.1 Å². The van der Waals surface area contributed by atoms with E-state index in [-0.39, 0.29) is 5.91 Å². The van der Waals surface area contributed by atoms with Gasteiger partial charge >= 0.3 is 0 Å². The van der Waals surface area contributed by atoms with E-state index in [1.807, 2.05) is 36.3 Å². The first-order valence-corrected chi connectivity index (χ1v) is 7.93. The van der Waals surface area contributed by atoms with Crippen molar-refractivity contribution in [2.45, 2.75) is 12.3 Å². The number of nitrogens with one attached hydrogen (secondary N) is 1. The minimum absolute atomic E-state index is 0.0877. The molecule has 1 N–H and O–H groups in total. The zero-order valence-corrected chi connectivity index (χ0v) is 13.3. The van der Waals surface area contributed by atoms with Gasteiger partial charge in [0.2, 0.25) is 0 Å². The average Bonchev–Trinajstić information content (AvgIpc) is 3.00. The van der Waals surface area contributed by atoms with Gasteiger partial charge in [-0.3, -0.25) is 14.0 Å². The summed E-state index contributed by atoms with van der Waals surface area (Å²) in [6, 6.07) is 5.64. The standard InChI is InChI=1S/C17H18N6O/c1-22-15(4-5-21-22)14-8-13(14)10-20-17(24)12-2-3-16(19-9-12)23-7-6-18-11-23/h2-7,9,11,13-14H,8,10H2,1H3,(H,20,24)/t13-,14+/m0/s1. The average molecular weight is 322 g/mol. The van der Waals surface area contributed by atoms with Crippen LogP contribution in [0.1, 0.15) is 28.4 Å². The number of carbonyl (C=O) groups excluding carboxylic acids is 1. The van der Waals surface area contributed by atoms with E-state index in [4.69, 9.17) is 0 Å². The number of aryl methyl sites for hydroxylation is 1. The molecule has 0 unspecified atom stereocenters. The number of amides is 1. The summed E-state index contributed by atoms with van der Waals surface area (Å²) in [6.07, 6.45) is 9.68. The van der Waals surface area contributed by atoms with Crippen molar-refractivity contribution in [2.75, 3.05) is 6.54 Å². The van der Waals surface area contributed by atoms with Crippen LogP contribution in [0.25, 0.3) is 5.82 Å². The van der Waals surface area contributed by atoms with Gasteiger partial charge < -0.3 is 5.32 Å². The number of aromatic nitrogens is 5. The SMILES string of the molecule is Cn1nccc1[C@@H]1C[C@H]1CNC(=O)c1ccc(-n2ccnc2)nc1. The molecule has 1 saturated carbocycles. The summed E-state index contributed by atoms with van der Waals surface area (Å²) in [5.74, 6) is 1.64. The third-order valence-corrected chi connectivity index (χ3v) is 4.47. The zero-order chi connectivity index (χ0) is 16.5. The molecule has 0 radical (unpaired) electrons.